The number of halogens is 1. The zero-order valence-corrected chi connectivity index (χ0v) is 7.41. The predicted molar refractivity (Wildman–Crippen MR) is 46.7 cm³/mol. The molecule has 0 aliphatic carbocycles. The lowest BCUT2D eigenvalue weighted by molar-refractivity contribution is 0.564. The second-order valence-electron chi connectivity index (χ2n) is 1.62. The number of carbonyl (C=O) groups excluding carboxylic acids is 1. The van der Waals surface area contributed by atoms with E-state index >= 15 is 0 Å². The Kier molecular flexibility index (Phi) is 2.83. The summed E-state index contributed by atoms with van der Waals surface area (Å²) in [6.07, 6.45) is 4.77. The molecule has 1 radical (unpaired) electrons. The maximum Gasteiger partial charge on any atom is 0.225 e. The van der Waals surface area contributed by atoms with Gasteiger partial charge in [-0.1, -0.05) is 0 Å². The summed E-state index contributed by atoms with van der Waals surface area (Å²) >= 11 is 4.88. The number of allylic oxidation sites excluding steroid dienone is 1. The van der Waals surface area contributed by atoms with Crippen LogP contribution in [0.25, 0.3) is 6.08 Å². The first-order chi connectivity index (χ1) is 4.83. The maximum atomic E-state index is 9.77. The summed E-state index contributed by atoms with van der Waals surface area (Å²) in [5, 5.41) is 1.96. The third-order valence-electron chi connectivity index (χ3n) is 0.903. The van der Waals surface area contributed by atoms with Gasteiger partial charge < -0.3 is 0 Å². The summed E-state index contributed by atoms with van der Waals surface area (Å²) in [5.41, 5.74) is 0. The molecule has 0 bridgehead atoms. The van der Waals surface area contributed by atoms with Crippen molar-refractivity contribution in [2.45, 2.75) is 0 Å². The Morgan fingerprint density at radius 1 is 1.70 bits per heavy atom. The van der Waals surface area contributed by atoms with Crippen molar-refractivity contribution in [3.63, 3.8) is 0 Å². The number of rotatable bonds is 2. The second-order valence-corrected chi connectivity index (χ2v) is 3.48. The average Bonchev–Trinajstić information content (AvgIpc) is 2.31. The Balaban J connectivity index is 2.75. The van der Waals surface area contributed by atoms with Gasteiger partial charge in [-0.25, -0.2) is 0 Å². The van der Waals surface area contributed by atoms with Gasteiger partial charge in [0.05, 0.1) is 0 Å². The van der Waals surface area contributed by atoms with E-state index in [1.807, 2.05) is 11.4 Å². The van der Waals surface area contributed by atoms with E-state index in [4.69, 9.17) is 0 Å². The molecule has 0 N–H and O–H groups in total. The van der Waals surface area contributed by atoms with Crippen molar-refractivity contribution in [3.8, 4) is 0 Å². The lowest BCUT2D eigenvalue weighted by Gasteiger charge is -1.75. The van der Waals surface area contributed by atoms with Crippen molar-refractivity contribution in [3.05, 3.63) is 26.9 Å². The van der Waals surface area contributed by atoms with Gasteiger partial charge in [-0.15, -0.1) is 11.3 Å². The maximum absolute atomic E-state index is 9.77. The van der Waals surface area contributed by atoms with Gasteiger partial charge in [-0.05, 0) is 34.1 Å². The molecule has 3 heteroatoms. The molecule has 0 spiro atoms. The third-order valence-corrected chi connectivity index (χ3v) is 2.56. The number of hydrogen-bond acceptors (Lipinski definition) is 2. The zero-order chi connectivity index (χ0) is 7.40. The molecule has 1 nitrogen and oxygen atoms in total. The molecule has 0 atom stereocenters. The molecule has 51 valence electrons. The number of hydrogen-bond donors (Lipinski definition) is 0. The van der Waals surface area contributed by atoms with Crippen molar-refractivity contribution in [1.29, 1.82) is 0 Å². The average molecular weight is 216 g/mol. The highest BCUT2D eigenvalue weighted by Gasteiger charge is 1.90. The van der Waals surface area contributed by atoms with Gasteiger partial charge >= 0.3 is 0 Å². The topological polar surface area (TPSA) is 17.1 Å². The largest absolute Gasteiger partial charge is 0.286 e. The minimum Gasteiger partial charge on any atom is -0.286 e. The molecule has 10 heavy (non-hydrogen) atoms. The molecular weight excluding hydrogens is 212 g/mol. The van der Waals surface area contributed by atoms with Gasteiger partial charge in [-0.3, -0.25) is 4.79 Å². The first kappa shape index (κ1) is 7.69. The van der Waals surface area contributed by atoms with Crippen LogP contribution in [-0.4, -0.2) is 6.29 Å². The molecule has 1 heterocycles. The highest BCUT2D eigenvalue weighted by atomic mass is 79.9. The van der Waals surface area contributed by atoms with Crippen molar-refractivity contribution < 1.29 is 4.79 Å². The fourth-order valence-electron chi connectivity index (χ4n) is 0.532. The van der Waals surface area contributed by atoms with E-state index in [0.29, 0.717) is 0 Å². The molecule has 0 aliphatic rings. The standard InChI is InChI=1S/C7H4BrOS/c8-6-4-7(10-5-6)2-1-3-9/h1-2,4-5H/b2-1+. The molecule has 1 aromatic heterocycles. The van der Waals surface area contributed by atoms with E-state index in [1.165, 1.54) is 6.08 Å². The zero-order valence-electron chi connectivity index (χ0n) is 5.00. The SMILES string of the molecule is O=[C]/C=C/c1cc(Br)cs1. The predicted octanol–water partition coefficient (Wildman–Crippen LogP) is 2.63. The fraction of sp³-hybridized carbons (Fsp3) is 0. The van der Waals surface area contributed by atoms with Gasteiger partial charge in [0.2, 0.25) is 6.29 Å². The summed E-state index contributed by atoms with van der Waals surface area (Å²) in [5.74, 6) is 0. The van der Waals surface area contributed by atoms with E-state index in [2.05, 4.69) is 15.9 Å². The Bertz CT molecular complexity index is 252. The quantitative estimate of drug-likeness (QED) is 0.694. The van der Waals surface area contributed by atoms with Gasteiger partial charge in [0.1, 0.15) is 0 Å². The van der Waals surface area contributed by atoms with Gasteiger partial charge in [0.25, 0.3) is 0 Å². The van der Waals surface area contributed by atoms with Crippen LogP contribution in [0.3, 0.4) is 0 Å². The first-order valence-corrected chi connectivity index (χ1v) is 4.28. The Morgan fingerprint density at radius 2 is 2.50 bits per heavy atom. The van der Waals surface area contributed by atoms with E-state index in [1.54, 1.807) is 23.7 Å². The van der Waals surface area contributed by atoms with Crippen LogP contribution in [0, 0.1) is 0 Å². The van der Waals surface area contributed by atoms with Crippen LogP contribution in [-0.2, 0) is 4.79 Å². The van der Waals surface area contributed by atoms with E-state index in [-0.39, 0.29) is 0 Å². The number of thiophene rings is 1. The first-order valence-electron chi connectivity index (χ1n) is 2.61. The summed E-state index contributed by atoms with van der Waals surface area (Å²) in [4.78, 5) is 10.8. The van der Waals surface area contributed by atoms with Crippen LogP contribution in [0.4, 0.5) is 0 Å². The summed E-state index contributed by atoms with van der Waals surface area (Å²) in [7, 11) is 0. The summed E-state index contributed by atoms with van der Waals surface area (Å²) < 4.78 is 1.04. The molecule has 1 aromatic rings. The molecule has 0 amide bonds. The van der Waals surface area contributed by atoms with Crippen LogP contribution in [0.2, 0.25) is 0 Å². The molecule has 0 saturated heterocycles. The van der Waals surface area contributed by atoms with Crippen LogP contribution in [0.1, 0.15) is 4.88 Å². The van der Waals surface area contributed by atoms with Crippen LogP contribution in [0.15, 0.2) is 22.0 Å². The van der Waals surface area contributed by atoms with E-state index < -0.39 is 0 Å². The normalized spacial score (nSPS) is 10.5. The van der Waals surface area contributed by atoms with Crippen LogP contribution in [0.5, 0.6) is 0 Å². The van der Waals surface area contributed by atoms with Crippen molar-refractivity contribution in [2.75, 3.05) is 0 Å². The lowest BCUT2D eigenvalue weighted by Crippen LogP contribution is -1.58. The highest BCUT2D eigenvalue weighted by molar-refractivity contribution is 9.10. The molecule has 0 aliphatic heterocycles. The van der Waals surface area contributed by atoms with Crippen molar-refractivity contribution in [1.82, 2.24) is 0 Å². The van der Waals surface area contributed by atoms with E-state index in [9.17, 15) is 4.79 Å². The highest BCUT2D eigenvalue weighted by Crippen LogP contribution is 2.20. The monoisotopic (exact) mass is 215 g/mol. The van der Waals surface area contributed by atoms with Gasteiger partial charge in [0, 0.05) is 14.7 Å². The van der Waals surface area contributed by atoms with Crippen molar-refractivity contribution in [2.24, 2.45) is 0 Å². The summed E-state index contributed by atoms with van der Waals surface area (Å²) in [6, 6.07) is 1.94. The van der Waals surface area contributed by atoms with Gasteiger partial charge in [-0.2, -0.15) is 0 Å². The molecule has 1 rings (SSSR count). The fourth-order valence-corrected chi connectivity index (χ4v) is 1.87. The Labute approximate surface area is 71.5 Å². The van der Waals surface area contributed by atoms with Crippen LogP contribution >= 0.6 is 27.3 Å². The molecule has 0 aromatic carbocycles. The smallest absolute Gasteiger partial charge is 0.225 e. The summed E-state index contributed by atoms with van der Waals surface area (Å²) in [6.45, 7) is 0. The minimum absolute atomic E-state index is 1.04. The molecule has 0 fully saturated rings. The molecule has 0 unspecified atom stereocenters. The molecular formula is C7H4BrOS. The minimum atomic E-state index is 1.04. The Hall–Kier alpha value is -0.410. The van der Waals surface area contributed by atoms with Crippen LogP contribution < -0.4 is 0 Å². The van der Waals surface area contributed by atoms with Gasteiger partial charge in [0.15, 0.2) is 0 Å². The second kappa shape index (κ2) is 3.68. The molecule has 0 saturated carbocycles. The van der Waals surface area contributed by atoms with E-state index in [0.717, 1.165) is 9.35 Å². The Morgan fingerprint density at radius 3 is 3.00 bits per heavy atom. The lowest BCUT2D eigenvalue weighted by atomic mass is 10.4. The third kappa shape index (κ3) is 2.08. The van der Waals surface area contributed by atoms with Crippen molar-refractivity contribution >= 4 is 39.6 Å².